The number of halogens is 1. The molecule has 26 heavy (non-hydrogen) atoms. The van der Waals surface area contributed by atoms with E-state index in [0.717, 1.165) is 11.6 Å². The molecule has 0 spiro atoms. The van der Waals surface area contributed by atoms with Crippen molar-refractivity contribution >= 4 is 35.8 Å². The maximum absolute atomic E-state index is 12.3. The van der Waals surface area contributed by atoms with Gasteiger partial charge in [0.25, 0.3) is 0 Å². The molecule has 0 saturated carbocycles. The SMILES string of the molecule is CCN(CC)C(=O)CN(C)C(=NCc1nnc(C)n1C)NCCOC.I. The number of hydrogen-bond donors (Lipinski definition) is 1. The van der Waals surface area contributed by atoms with E-state index in [9.17, 15) is 4.79 Å². The third-order valence-corrected chi connectivity index (χ3v) is 3.99. The molecule has 150 valence electrons. The lowest BCUT2D eigenvalue weighted by molar-refractivity contribution is -0.131. The number of aliphatic imine (C=N–C) groups is 1. The van der Waals surface area contributed by atoms with E-state index in [1.807, 2.05) is 44.3 Å². The highest BCUT2D eigenvalue weighted by molar-refractivity contribution is 14.0. The van der Waals surface area contributed by atoms with E-state index in [2.05, 4.69) is 20.5 Å². The Kier molecular flexibility index (Phi) is 12.1. The number of ether oxygens (including phenoxy) is 1. The van der Waals surface area contributed by atoms with Gasteiger partial charge in [-0.25, -0.2) is 4.99 Å². The van der Waals surface area contributed by atoms with E-state index < -0.39 is 0 Å². The summed E-state index contributed by atoms with van der Waals surface area (Å²) in [6.07, 6.45) is 0. The van der Waals surface area contributed by atoms with E-state index in [4.69, 9.17) is 4.74 Å². The molecule has 1 N–H and O–H groups in total. The minimum absolute atomic E-state index is 0. The van der Waals surface area contributed by atoms with Gasteiger partial charge in [-0.2, -0.15) is 0 Å². The molecule has 10 heteroatoms. The quantitative estimate of drug-likeness (QED) is 0.241. The first-order valence-corrected chi connectivity index (χ1v) is 8.55. The van der Waals surface area contributed by atoms with Crippen LogP contribution in [0, 0.1) is 6.92 Å². The number of hydrogen-bond acceptors (Lipinski definition) is 5. The van der Waals surface area contributed by atoms with Crippen LogP contribution in [0.5, 0.6) is 0 Å². The molecular formula is C16H32IN7O2. The van der Waals surface area contributed by atoms with Gasteiger partial charge >= 0.3 is 0 Å². The summed E-state index contributed by atoms with van der Waals surface area (Å²) in [5.74, 6) is 2.32. The Balaban J connectivity index is 0.00000625. The fourth-order valence-electron chi connectivity index (χ4n) is 2.26. The zero-order chi connectivity index (χ0) is 18.8. The van der Waals surface area contributed by atoms with Gasteiger partial charge in [-0.15, -0.1) is 34.2 Å². The summed E-state index contributed by atoms with van der Waals surface area (Å²) in [5.41, 5.74) is 0. The highest BCUT2D eigenvalue weighted by Crippen LogP contribution is 2.01. The summed E-state index contributed by atoms with van der Waals surface area (Å²) in [6, 6.07) is 0. The van der Waals surface area contributed by atoms with Crippen molar-refractivity contribution in [3.63, 3.8) is 0 Å². The van der Waals surface area contributed by atoms with Crippen molar-refractivity contribution in [3.05, 3.63) is 11.6 Å². The van der Waals surface area contributed by atoms with Crippen LogP contribution in [0.1, 0.15) is 25.5 Å². The average Bonchev–Trinajstić information content (AvgIpc) is 2.90. The van der Waals surface area contributed by atoms with E-state index in [-0.39, 0.29) is 36.4 Å². The molecule has 1 aromatic heterocycles. The number of aryl methyl sites for hydroxylation is 1. The topological polar surface area (TPSA) is 87.9 Å². The summed E-state index contributed by atoms with van der Waals surface area (Å²) < 4.78 is 6.97. The van der Waals surface area contributed by atoms with Crippen molar-refractivity contribution in [2.24, 2.45) is 12.0 Å². The van der Waals surface area contributed by atoms with E-state index in [0.29, 0.717) is 38.7 Å². The third-order valence-electron chi connectivity index (χ3n) is 3.99. The molecule has 0 atom stereocenters. The first kappa shape index (κ1) is 24.6. The number of nitrogens with zero attached hydrogens (tertiary/aromatic N) is 6. The molecule has 1 heterocycles. The molecule has 0 bridgehead atoms. The molecule has 0 aromatic carbocycles. The molecule has 1 rings (SSSR count). The molecule has 0 radical (unpaired) electrons. The maximum Gasteiger partial charge on any atom is 0.242 e. The Labute approximate surface area is 173 Å². The molecular weight excluding hydrogens is 449 g/mol. The molecule has 0 unspecified atom stereocenters. The summed E-state index contributed by atoms with van der Waals surface area (Å²) in [7, 11) is 5.40. The van der Waals surface area contributed by atoms with Crippen molar-refractivity contribution in [3.8, 4) is 0 Å². The second-order valence-corrected chi connectivity index (χ2v) is 5.70. The van der Waals surface area contributed by atoms with Crippen LogP contribution in [-0.2, 0) is 23.1 Å². The Bertz CT molecular complexity index is 573. The van der Waals surface area contributed by atoms with Crippen LogP contribution in [0.4, 0.5) is 0 Å². The predicted octanol–water partition coefficient (Wildman–Crippen LogP) is 0.634. The highest BCUT2D eigenvalue weighted by Gasteiger charge is 2.15. The summed E-state index contributed by atoms with van der Waals surface area (Å²) in [5, 5.41) is 11.4. The molecule has 0 aliphatic rings. The molecule has 0 saturated heterocycles. The molecule has 0 fully saturated rings. The predicted molar refractivity (Wildman–Crippen MR) is 113 cm³/mol. The number of aromatic nitrogens is 3. The van der Waals surface area contributed by atoms with Crippen LogP contribution in [-0.4, -0.2) is 83.4 Å². The number of rotatable bonds is 9. The molecule has 9 nitrogen and oxygen atoms in total. The Morgan fingerprint density at radius 1 is 1.31 bits per heavy atom. The first-order chi connectivity index (χ1) is 11.9. The number of nitrogens with one attached hydrogen (secondary N) is 1. The van der Waals surface area contributed by atoms with Crippen LogP contribution in [0.25, 0.3) is 0 Å². The van der Waals surface area contributed by atoms with Crippen molar-refractivity contribution in [2.45, 2.75) is 27.3 Å². The van der Waals surface area contributed by atoms with Crippen molar-refractivity contribution in [1.82, 2.24) is 29.9 Å². The normalized spacial score (nSPS) is 11.1. The van der Waals surface area contributed by atoms with Crippen LogP contribution in [0.3, 0.4) is 0 Å². The van der Waals surface area contributed by atoms with Crippen LogP contribution in [0.15, 0.2) is 4.99 Å². The van der Waals surface area contributed by atoms with Gasteiger partial charge in [0, 0.05) is 40.8 Å². The van der Waals surface area contributed by atoms with E-state index in [1.54, 1.807) is 12.0 Å². The third kappa shape index (κ3) is 7.44. The van der Waals surface area contributed by atoms with Gasteiger partial charge in [0.15, 0.2) is 11.8 Å². The fourth-order valence-corrected chi connectivity index (χ4v) is 2.26. The number of amides is 1. The monoisotopic (exact) mass is 481 g/mol. The second-order valence-electron chi connectivity index (χ2n) is 5.70. The van der Waals surface area contributed by atoms with Gasteiger partial charge in [0.05, 0.1) is 13.2 Å². The number of carbonyl (C=O) groups is 1. The van der Waals surface area contributed by atoms with Gasteiger partial charge in [-0.1, -0.05) is 0 Å². The number of carbonyl (C=O) groups excluding carboxylic acids is 1. The molecule has 0 aliphatic carbocycles. The zero-order valence-corrected chi connectivity index (χ0v) is 19.0. The van der Waals surface area contributed by atoms with E-state index in [1.165, 1.54) is 0 Å². The number of guanidine groups is 1. The highest BCUT2D eigenvalue weighted by atomic mass is 127. The Hall–Kier alpha value is -1.43. The van der Waals surface area contributed by atoms with Gasteiger partial charge in [0.2, 0.25) is 5.91 Å². The average molecular weight is 481 g/mol. The summed E-state index contributed by atoms with van der Waals surface area (Å²) in [6.45, 7) is 9.06. The van der Waals surface area contributed by atoms with Crippen LogP contribution >= 0.6 is 24.0 Å². The number of methoxy groups -OCH3 is 1. The standard InChI is InChI=1S/C16H31N7O2.HI/c1-7-23(8-2)15(24)12-21(4)16(17-9-10-25-6)18-11-14-20-19-13(3)22(14)5;/h7-12H2,1-6H3,(H,17,18);1H. The molecule has 0 aliphatic heterocycles. The van der Waals surface area contributed by atoms with Gasteiger partial charge < -0.3 is 24.4 Å². The maximum atomic E-state index is 12.3. The lowest BCUT2D eigenvalue weighted by Gasteiger charge is -2.25. The summed E-state index contributed by atoms with van der Waals surface area (Å²) >= 11 is 0. The van der Waals surface area contributed by atoms with Crippen molar-refractivity contribution < 1.29 is 9.53 Å². The smallest absolute Gasteiger partial charge is 0.242 e. The minimum Gasteiger partial charge on any atom is -0.383 e. The largest absolute Gasteiger partial charge is 0.383 e. The van der Waals surface area contributed by atoms with Crippen LogP contribution < -0.4 is 5.32 Å². The fraction of sp³-hybridized carbons (Fsp3) is 0.750. The Morgan fingerprint density at radius 3 is 2.46 bits per heavy atom. The molecule has 1 amide bonds. The van der Waals surface area contributed by atoms with Crippen molar-refractivity contribution in [2.75, 3.05) is 46.9 Å². The number of likely N-dealkylation sites (N-methyl/N-ethyl adjacent to an activating group) is 2. The lowest BCUT2D eigenvalue weighted by Crippen LogP contribution is -2.46. The van der Waals surface area contributed by atoms with Crippen LogP contribution in [0.2, 0.25) is 0 Å². The second kappa shape index (κ2) is 12.8. The first-order valence-electron chi connectivity index (χ1n) is 8.55. The van der Waals surface area contributed by atoms with Gasteiger partial charge in [-0.3, -0.25) is 4.79 Å². The lowest BCUT2D eigenvalue weighted by atomic mass is 10.4. The Morgan fingerprint density at radius 2 is 1.96 bits per heavy atom. The van der Waals surface area contributed by atoms with Gasteiger partial charge in [0.1, 0.15) is 12.4 Å². The summed E-state index contributed by atoms with van der Waals surface area (Å²) in [4.78, 5) is 20.5. The van der Waals surface area contributed by atoms with Gasteiger partial charge in [-0.05, 0) is 20.8 Å². The molecule has 1 aromatic rings. The zero-order valence-electron chi connectivity index (χ0n) is 16.7. The minimum atomic E-state index is 0. The van der Waals surface area contributed by atoms with E-state index >= 15 is 0 Å². The van der Waals surface area contributed by atoms with Crippen molar-refractivity contribution in [1.29, 1.82) is 0 Å².